The molecule has 0 spiro atoms. The van der Waals surface area contributed by atoms with Crippen LogP contribution in [0.3, 0.4) is 0 Å². The maximum absolute atomic E-state index is 4.61. The van der Waals surface area contributed by atoms with Crippen LogP contribution >= 0.6 is 24.0 Å². The zero-order chi connectivity index (χ0) is 14.3. The minimum Gasteiger partial charge on any atom is -0.357 e. The highest BCUT2D eigenvalue weighted by Crippen LogP contribution is 2.36. The van der Waals surface area contributed by atoms with E-state index in [0.29, 0.717) is 12.0 Å². The largest absolute Gasteiger partial charge is 0.357 e. The molecule has 0 aromatic carbocycles. The Morgan fingerprint density at radius 3 is 2.67 bits per heavy atom. The maximum atomic E-state index is 4.61. The molecular formula is C16H27IN4. The predicted octanol–water partition coefficient (Wildman–Crippen LogP) is 3.34. The highest BCUT2D eigenvalue weighted by Gasteiger charge is 2.28. The lowest BCUT2D eigenvalue weighted by molar-refractivity contribution is 0.334. The Hall–Kier alpha value is -0.850. The summed E-state index contributed by atoms with van der Waals surface area (Å²) in [6.07, 6.45) is 7.17. The summed E-state index contributed by atoms with van der Waals surface area (Å²) in [6.45, 7) is 6.96. The number of rotatable bonds is 5. The molecule has 1 fully saturated rings. The highest BCUT2D eigenvalue weighted by molar-refractivity contribution is 14.0. The van der Waals surface area contributed by atoms with Gasteiger partial charge in [-0.05, 0) is 37.3 Å². The summed E-state index contributed by atoms with van der Waals surface area (Å²) < 4.78 is 0. The van der Waals surface area contributed by atoms with Gasteiger partial charge in [0.1, 0.15) is 0 Å². The number of hydrogen-bond acceptors (Lipinski definition) is 2. The molecule has 118 valence electrons. The van der Waals surface area contributed by atoms with Gasteiger partial charge in [-0.15, -0.1) is 24.0 Å². The molecule has 2 rings (SSSR count). The fraction of sp³-hybridized carbons (Fsp3) is 0.625. The van der Waals surface area contributed by atoms with Gasteiger partial charge >= 0.3 is 0 Å². The first-order valence-electron chi connectivity index (χ1n) is 7.64. The van der Waals surface area contributed by atoms with Gasteiger partial charge in [0, 0.05) is 19.3 Å². The molecule has 5 heteroatoms. The van der Waals surface area contributed by atoms with Crippen LogP contribution in [0.1, 0.15) is 45.2 Å². The summed E-state index contributed by atoms with van der Waals surface area (Å²) in [6, 6.07) is 5.93. The van der Waals surface area contributed by atoms with Crippen LogP contribution < -0.4 is 10.6 Å². The van der Waals surface area contributed by atoms with E-state index in [0.717, 1.165) is 24.7 Å². The number of aromatic nitrogens is 1. The Bertz CT molecular complexity index is 427. The van der Waals surface area contributed by atoms with Crippen molar-refractivity contribution in [2.24, 2.45) is 10.4 Å². The van der Waals surface area contributed by atoms with E-state index in [9.17, 15) is 0 Å². The second kappa shape index (κ2) is 9.23. The molecule has 21 heavy (non-hydrogen) atoms. The van der Waals surface area contributed by atoms with Gasteiger partial charge in [-0.2, -0.15) is 0 Å². The fourth-order valence-electron chi connectivity index (χ4n) is 2.70. The average molecular weight is 402 g/mol. The zero-order valence-corrected chi connectivity index (χ0v) is 15.4. The van der Waals surface area contributed by atoms with E-state index < -0.39 is 0 Å². The lowest BCUT2D eigenvalue weighted by Gasteiger charge is -2.25. The van der Waals surface area contributed by atoms with Crippen LogP contribution in [0.4, 0.5) is 0 Å². The van der Waals surface area contributed by atoms with Gasteiger partial charge in [-0.1, -0.05) is 25.8 Å². The lowest BCUT2D eigenvalue weighted by Crippen LogP contribution is -2.42. The van der Waals surface area contributed by atoms with E-state index in [-0.39, 0.29) is 24.0 Å². The summed E-state index contributed by atoms with van der Waals surface area (Å²) in [5.41, 5.74) is 1.43. The normalized spacial score (nSPS) is 17.1. The monoisotopic (exact) mass is 402 g/mol. The Balaban J connectivity index is 0.00000220. The van der Waals surface area contributed by atoms with Crippen molar-refractivity contribution >= 4 is 29.9 Å². The van der Waals surface area contributed by atoms with Crippen molar-refractivity contribution in [2.45, 2.75) is 46.1 Å². The van der Waals surface area contributed by atoms with Crippen molar-refractivity contribution in [3.05, 3.63) is 30.1 Å². The Labute approximate surface area is 145 Å². The maximum Gasteiger partial charge on any atom is 0.191 e. The first kappa shape index (κ1) is 18.2. The summed E-state index contributed by atoms with van der Waals surface area (Å²) in [7, 11) is 0. The van der Waals surface area contributed by atoms with Gasteiger partial charge in [0.15, 0.2) is 5.96 Å². The third kappa shape index (κ3) is 6.20. The van der Waals surface area contributed by atoms with Crippen molar-refractivity contribution in [1.29, 1.82) is 0 Å². The molecule has 0 saturated heterocycles. The zero-order valence-electron chi connectivity index (χ0n) is 13.1. The van der Waals surface area contributed by atoms with Gasteiger partial charge in [-0.3, -0.25) is 4.98 Å². The molecule has 1 aromatic heterocycles. The Morgan fingerprint density at radius 1 is 1.29 bits per heavy atom. The molecule has 1 aliphatic carbocycles. The van der Waals surface area contributed by atoms with Crippen LogP contribution in [-0.2, 0) is 6.54 Å². The Morgan fingerprint density at radius 2 is 2.05 bits per heavy atom. The summed E-state index contributed by atoms with van der Waals surface area (Å²) in [5, 5.41) is 6.79. The molecule has 1 saturated carbocycles. The van der Waals surface area contributed by atoms with Crippen molar-refractivity contribution in [3.63, 3.8) is 0 Å². The van der Waals surface area contributed by atoms with Gasteiger partial charge in [0.25, 0.3) is 0 Å². The van der Waals surface area contributed by atoms with Crippen LogP contribution in [0.15, 0.2) is 29.4 Å². The predicted molar refractivity (Wildman–Crippen MR) is 99.0 cm³/mol. The lowest BCUT2D eigenvalue weighted by atomic mass is 9.89. The van der Waals surface area contributed by atoms with Gasteiger partial charge in [-0.25, -0.2) is 4.99 Å². The first-order chi connectivity index (χ1) is 9.72. The standard InChI is InChI=1S/C16H26N4.HI/c1-3-17-15(19-12-14-8-4-7-11-18-14)20-13-16(2)9-5-6-10-16;/h4,7-8,11H,3,5-6,9-10,12-13H2,1-2H3,(H2,17,19,20);1H. The molecule has 4 nitrogen and oxygen atoms in total. The first-order valence-corrected chi connectivity index (χ1v) is 7.64. The highest BCUT2D eigenvalue weighted by atomic mass is 127. The molecule has 0 bridgehead atoms. The average Bonchev–Trinajstić information content (AvgIpc) is 2.90. The third-order valence-electron chi connectivity index (χ3n) is 3.96. The number of guanidine groups is 1. The fourth-order valence-corrected chi connectivity index (χ4v) is 2.70. The number of nitrogens with one attached hydrogen (secondary N) is 2. The van der Waals surface area contributed by atoms with Crippen molar-refractivity contribution in [1.82, 2.24) is 15.6 Å². The van der Waals surface area contributed by atoms with E-state index in [1.165, 1.54) is 25.7 Å². The second-order valence-electron chi connectivity index (χ2n) is 5.89. The SMILES string of the molecule is CCNC(=NCc1ccccn1)NCC1(C)CCCC1.I. The molecule has 0 amide bonds. The molecule has 0 aliphatic heterocycles. The van der Waals surface area contributed by atoms with Crippen molar-refractivity contribution < 1.29 is 0 Å². The minimum atomic E-state index is 0. The van der Waals surface area contributed by atoms with Crippen molar-refractivity contribution in [3.8, 4) is 0 Å². The quantitative estimate of drug-likeness (QED) is 0.451. The van der Waals surface area contributed by atoms with E-state index in [2.05, 4.69) is 34.5 Å². The van der Waals surface area contributed by atoms with Gasteiger partial charge in [0.2, 0.25) is 0 Å². The molecule has 0 unspecified atom stereocenters. The van der Waals surface area contributed by atoms with E-state index in [1.807, 2.05) is 24.4 Å². The van der Waals surface area contributed by atoms with E-state index in [4.69, 9.17) is 0 Å². The Kier molecular flexibility index (Phi) is 8.00. The number of pyridine rings is 1. The summed E-state index contributed by atoms with van der Waals surface area (Å²) in [5.74, 6) is 0.895. The number of hydrogen-bond donors (Lipinski definition) is 2. The topological polar surface area (TPSA) is 49.3 Å². The van der Waals surface area contributed by atoms with E-state index >= 15 is 0 Å². The molecule has 1 heterocycles. The number of aliphatic imine (C=N–C) groups is 1. The van der Waals surface area contributed by atoms with Crippen LogP contribution in [0.5, 0.6) is 0 Å². The molecule has 0 radical (unpaired) electrons. The third-order valence-corrected chi connectivity index (χ3v) is 3.96. The smallest absolute Gasteiger partial charge is 0.191 e. The van der Waals surface area contributed by atoms with E-state index in [1.54, 1.807) is 0 Å². The van der Waals surface area contributed by atoms with Crippen LogP contribution in [-0.4, -0.2) is 24.0 Å². The summed E-state index contributed by atoms with van der Waals surface area (Å²) in [4.78, 5) is 8.91. The molecule has 0 atom stereocenters. The molecular weight excluding hydrogens is 375 g/mol. The van der Waals surface area contributed by atoms with Crippen LogP contribution in [0.25, 0.3) is 0 Å². The number of halogens is 1. The molecule has 1 aliphatic rings. The summed E-state index contributed by atoms with van der Waals surface area (Å²) >= 11 is 0. The van der Waals surface area contributed by atoms with Gasteiger partial charge in [0.05, 0.1) is 12.2 Å². The second-order valence-corrected chi connectivity index (χ2v) is 5.89. The minimum absolute atomic E-state index is 0. The van der Waals surface area contributed by atoms with Crippen LogP contribution in [0, 0.1) is 5.41 Å². The number of nitrogens with zero attached hydrogens (tertiary/aromatic N) is 2. The van der Waals surface area contributed by atoms with Gasteiger partial charge < -0.3 is 10.6 Å². The molecule has 1 aromatic rings. The molecule has 2 N–H and O–H groups in total. The van der Waals surface area contributed by atoms with Crippen molar-refractivity contribution in [2.75, 3.05) is 13.1 Å². The van der Waals surface area contributed by atoms with Crippen LogP contribution in [0.2, 0.25) is 0 Å².